The molecule has 5 nitrogen and oxygen atoms in total. The third-order valence-corrected chi connectivity index (χ3v) is 4.62. The lowest BCUT2D eigenvalue weighted by atomic mass is 10.0. The van der Waals surface area contributed by atoms with Gasteiger partial charge in [0.1, 0.15) is 11.6 Å². The zero-order valence-corrected chi connectivity index (χ0v) is 18.2. The normalized spacial score (nSPS) is 12.6. The molecule has 2 aromatic carbocycles. The second-order valence-corrected chi connectivity index (χ2v) is 8.21. The second kappa shape index (κ2) is 9.89. The Morgan fingerprint density at radius 1 is 1.10 bits per heavy atom. The Kier molecular flexibility index (Phi) is 7.54. The van der Waals surface area contributed by atoms with Crippen LogP contribution in [-0.4, -0.2) is 28.4 Å². The molecule has 0 saturated heterocycles. The monoisotopic (exact) mass is 404 g/mol. The van der Waals surface area contributed by atoms with Crippen molar-refractivity contribution in [1.82, 2.24) is 4.90 Å². The highest BCUT2D eigenvalue weighted by Gasteiger charge is 2.32. The summed E-state index contributed by atoms with van der Waals surface area (Å²) < 4.78 is 5.35. The van der Waals surface area contributed by atoms with E-state index in [9.17, 15) is 14.9 Å². The van der Waals surface area contributed by atoms with E-state index in [0.717, 1.165) is 11.1 Å². The largest absolute Gasteiger partial charge is 0.448 e. The number of hydrogen-bond acceptors (Lipinski definition) is 4. The van der Waals surface area contributed by atoms with Gasteiger partial charge in [-0.1, -0.05) is 60.2 Å². The molecule has 0 spiro atoms. The smallest absolute Gasteiger partial charge is 0.349 e. The minimum atomic E-state index is -1.02. The van der Waals surface area contributed by atoms with Crippen LogP contribution in [0.25, 0.3) is 6.08 Å². The van der Waals surface area contributed by atoms with E-state index >= 15 is 0 Å². The molecule has 0 N–H and O–H groups in total. The maximum absolute atomic E-state index is 13.1. The Bertz CT molecular complexity index is 949. The summed E-state index contributed by atoms with van der Waals surface area (Å²) in [6.07, 6.45) is 0.444. The maximum Gasteiger partial charge on any atom is 0.349 e. The molecular formula is C25H28N2O3. The third-order valence-electron chi connectivity index (χ3n) is 4.62. The molecular weight excluding hydrogens is 376 g/mol. The number of rotatable bonds is 6. The summed E-state index contributed by atoms with van der Waals surface area (Å²) in [6, 6.07) is 18.9. The van der Waals surface area contributed by atoms with Crippen molar-refractivity contribution in [1.29, 1.82) is 5.26 Å². The minimum absolute atomic E-state index is 0.149. The van der Waals surface area contributed by atoms with Gasteiger partial charge in [0.25, 0.3) is 5.91 Å². The van der Waals surface area contributed by atoms with Crippen LogP contribution in [0.5, 0.6) is 0 Å². The fourth-order valence-corrected chi connectivity index (χ4v) is 2.87. The van der Waals surface area contributed by atoms with Gasteiger partial charge in [-0.05, 0) is 51.8 Å². The van der Waals surface area contributed by atoms with Crippen molar-refractivity contribution in [3.8, 4) is 6.07 Å². The van der Waals surface area contributed by atoms with Crippen molar-refractivity contribution < 1.29 is 14.3 Å². The number of hydrogen-bond donors (Lipinski definition) is 0. The lowest BCUT2D eigenvalue weighted by molar-refractivity contribution is -0.159. The van der Waals surface area contributed by atoms with E-state index in [0.29, 0.717) is 12.1 Å². The summed E-state index contributed by atoms with van der Waals surface area (Å²) in [7, 11) is 0. The number of aryl methyl sites for hydroxylation is 1. The third kappa shape index (κ3) is 6.31. The summed E-state index contributed by atoms with van der Waals surface area (Å²) in [5.74, 6) is -1.13. The van der Waals surface area contributed by atoms with Gasteiger partial charge in [-0.3, -0.25) is 4.79 Å². The molecule has 0 fully saturated rings. The van der Waals surface area contributed by atoms with Gasteiger partial charge in [0, 0.05) is 12.1 Å². The van der Waals surface area contributed by atoms with Crippen molar-refractivity contribution in [3.63, 3.8) is 0 Å². The molecule has 0 unspecified atom stereocenters. The first-order valence-electron chi connectivity index (χ1n) is 9.86. The highest BCUT2D eigenvalue weighted by Crippen LogP contribution is 2.20. The number of nitrogens with zero attached hydrogens (tertiary/aromatic N) is 2. The van der Waals surface area contributed by atoms with E-state index in [4.69, 9.17) is 4.74 Å². The number of nitriles is 1. The van der Waals surface area contributed by atoms with Crippen LogP contribution in [0.2, 0.25) is 0 Å². The van der Waals surface area contributed by atoms with Crippen LogP contribution in [0.1, 0.15) is 44.4 Å². The molecule has 0 aliphatic carbocycles. The highest BCUT2D eigenvalue weighted by atomic mass is 16.5. The molecule has 5 heteroatoms. The Balaban J connectivity index is 2.15. The van der Waals surface area contributed by atoms with Gasteiger partial charge in [-0.15, -0.1) is 0 Å². The fourth-order valence-electron chi connectivity index (χ4n) is 2.87. The van der Waals surface area contributed by atoms with Gasteiger partial charge in [-0.25, -0.2) is 4.79 Å². The molecule has 1 amide bonds. The average molecular weight is 405 g/mol. The summed E-state index contributed by atoms with van der Waals surface area (Å²) in [5, 5.41) is 9.38. The molecule has 0 aliphatic rings. The van der Waals surface area contributed by atoms with Crippen molar-refractivity contribution >= 4 is 18.0 Å². The average Bonchev–Trinajstić information content (AvgIpc) is 2.70. The molecule has 0 radical (unpaired) electrons. The Labute approximate surface area is 178 Å². The van der Waals surface area contributed by atoms with Crippen LogP contribution in [0, 0.1) is 18.3 Å². The molecule has 0 bridgehead atoms. The summed E-state index contributed by atoms with van der Waals surface area (Å²) in [6.45, 7) is 9.68. The van der Waals surface area contributed by atoms with Gasteiger partial charge >= 0.3 is 5.97 Å². The number of amides is 1. The Hall–Kier alpha value is -3.39. The van der Waals surface area contributed by atoms with E-state index in [-0.39, 0.29) is 11.5 Å². The Morgan fingerprint density at radius 2 is 1.70 bits per heavy atom. The lowest BCUT2D eigenvalue weighted by Gasteiger charge is -2.37. The molecule has 2 aromatic rings. The van der Waals surface area contributed by atoms with E-state index in [1.54, 1.807) is 4.90 Å². The molecule has 0 aliphatic heterocycles. The maximum atomic E-state index is 13.1. The van der Waals surface area contributed by atoms with Gasteiger partial charge in [0.2, 0.25) is 0 Å². The van der Waals surface area contributed by atoms with Crippen LogP contribution in [-0.2, 0) is 20.9 Å². The van der Waals surface area contributed by atoms with Gasteiger partial charge in [0.05, 0.1) is 0 Å². The van der Waals surface area contributed by atoms with E-state index in [1.807, 2.05) is 88.4 Å². The molecule has 0 aromatic heterocycles. The number of carbonyl (C=O) groups excluding carboxylic acids is 2. The first-order chi connectivity index (χ1) is 14.1. The number of ether oxygens (including phenoxy) is 1. The fraction of sp³-hybridized carbons (Fsp3) is 0.320. The van der Waals surface area contributed by atoms with Crippen molar-refractivity contribution in [2.45, 2.75) is 52.8 Å². The number of esters is 1. The predicted molar refractivity (Wildman–Crippen MR) is 117 cm³/mol. The standard InChI is InChI=1S/C25H28N2O3/c1-18-11-13-20(14-12-18)15-22(16-26)24(29)30-19(2)23(28)27(25(3,4)5)17-21-9-7-6-8-10-21/h6-15,19H,17H2,1-5H3/b22-15+/t19-/m0/s1. The van der Waals surface area contributed by atoms with Crippen LogP contribution in [0.4, 0.5) is 0 Å². The predicted octanol–water partition coefficient (Wildman–Crippen LogP) is 4.66. The van der Waals surface area contributed by atoms with Crippen molar-refractivity contribution in [3.05, 3.63) is 76.9 Å². The molecule has 156 valence electrons. The first-order valence-corrected chi connectivity index (χ1v) is 9.86. The zero-order chi connectivity index (χ0) is 22.3. The minimum Gasteiger partial charge on any atom is -0.448 e. The quantitative estimate of drug-likeness (QED) is 0.399. The highest BCUT2D eigenvalue weighted by molar-refractivity contribution is 5.99. The van der Waals surface area contributed by atoms with Crippen molar-refractivity contribution in [2.75, 3.05) is 0 Å². The molecule has 1 atom stereocenters. The first kappa shape index (κ1) is 22.9. The number of carbonyl (C=O) groups is 2. The Morgan fingerprint density at radius 3 is 2.23 bits per heavy atom. The second-order valence-electron chi connectivity index (χ2n) is 8.21. The summed E-state index contributed by atoms with van der Waals surface area (Å²) >= 11 is 0. The van der Waals surface area contributed by atoms with E-state index in [1.165, 1.54) is 13.0 Å². The molecule has 2 rings (SSSR count). The van der Waals surface area contributed by atoms with Crippen LogP contribution in [0.3, 0.4) is 0 Å². The van der Waals surface area contributed by atoms with Crippen LogP contribution < -0.4 is 0 Å². The van der Waals surface area contributed by atoms with Gasteiger partial charge in [0.15, 0.2) is 6.10 Å². The van der Waals surface area contributed by atoms with Crippen LogP contribution in [0.15, 0.2) is 60.2 Å². The zero-order valence-electron chi connectivity index (χ0n) is 18.2. The summed E-state index contributed by atoms with van der Waals surface area (Å²) in [5.41, 5.74) is 2.16. The van der Waals surface area contributed by atoms with Crippen molar-refractivity contribution in [2.24, 2.45) is 0 Å². The van der Waals surface area contributed by atoms with E-state index in [2.05, 4.69) is 0 Å². The summed E-state index contributed by atoms with van der Waals surface area (Å²) in [4.78, 5) is 27.3. The SMILES string of the molecule is Cc1ccc(/C=C(\C#N)C(=O)O[C@@H](C)C(=O)N(Cc2ccccc2)C(C)(C)C)cc1. The topological polar surface area (TPSA) is 70.4 Å². The molecule has 0 heterocycles. The van der Waals surface area contributed by atoms with Gasteiger partial charge < -0.3 is 9.64 Å². The molecule has 30 heavy (non-hydrogen) atoms. The van der Waals surface area contributed by atoms with E-state index < -0.39 is 17.6 Å². The lowest BCUT2D eigenvalue weighted by Crippen LogP contribution is -2.49. The molecule has 0 saturated carbocycles. The van der Waals surface area contributed by atoms with Gasteiger partial charge in [-0.2, -0.15) is 5.26 Å². The van der Waals surface area contributed by atoms with Crippen LogP contribution >= 0.6 is 0 Å². The number of benzene rings is 2.